The van der Waals surface area contributed by atoms with Crippen molar-refractivity contribution in [3.8, 4) is 5.75 Å². The molecule has 1 fully saturated rings. The van der Waals surface area contributed by atoms with Crippen molar-refractivity contribution in [3.05, 3.63) is 62.7 Å². The first kappa shape index (κ1) is 21.1. The number of aryl methyl sites for hydroxylation is 1. The molecule has 0 aromatic heterocycles. The average molecular weight is 496 g/mol. The molecule has 164 valence electrons. The number of allylic oxidation sites excluding steroid dienone is 6. The molecular formula is C25H22BrNO5. The Balaban J connectivity index is 1.71. The summed E-state index contributed by atoms with van der Waals surface area (Å²) >= 11 is 3.22. The average Bonchev–Trinajstić information content (AvgIpc) is 3.02. The zero-order valence-corrected chi connectivity index (χ0v) is 19.3. The predicted molar refractivity (Wildman–Crippen MR) is 120 cm³/mol. The topological polar surface area (TPSA) is 91.8 Å². The third kappa shape index (κ3) is 2.83. The molecule has 7 heteroatoms. The first-order chi connectivity index (χ1) is 15.2. The van der Waals surface area contributed by atoms with Gasteiger partial charge in [-0.3, -0.25) is 24.1 Å². The van der Waals surface area contributed by atoms with Crippen LogP contribution in [0.4, 0.5) is 0 Å². The minimum Gasteiger partial charge on any atom is -0.508 e. The van der Waals surface area contributed by atoms with Crippen LogP contribution in [0.1, 0.15) is 36.8 Å². The van der Waals surface area contributed by atoms with Crippen LogP contribution >= 0.6 is 15.9 Å². The second-order valence-electron chi connectivity index (χ2n) is 8.86. The molecule has 0 spiro atoms. The third-order valence-electron chi connectivity index (χ3n) is 7.29. The first-order valence-electron chi connectivity index (χ1n) is 10.8. The Kier molecular flexibility index (Phi) is 4.85. The lowest BCUT2D eigenvalue weighted by molar-refractivity contribution is -0.139. The van der Waals surface area contributed by atoms with Crippen molar-refractivity contribution >= 4 is 39.3 Å². The van der Waals surface area contributed by atoms with E-state index < -0.39 is 17.8 Å². The van der Waals surface area contributed by atoms with E-state index in [9.17, 15) is 24.3 Å². The molecule has 6 nitrogen and oxygen atoms in total. The van der Waals surface area contributed by atoms with Crippen molar-refractivity contribution in [3.63, 3.8) is 0 Å². The summed E-state index contributed by atoms with van der Waals surface area (Å²) in [4.78, 5) is 53.6. The summed E-state index contributed by atoms with van der Waals surface area (Å²) in [6.07, 6.45) is 4.02. The molecule has 0 radical (unpaired) electrons. The standard InChI is InChI=1S/C25H22BrNO5/c1-3-27-24(31)14-6-5-13-15(21(14)25(27)32)9-16-22(19(29)10-17(26)23(16)30)20(13)12-4-7-18(28)11(2)8-12/h4-5,7-8,10,14-15,20-21,28H,3,6,9H2,1-2H3/t14-,15+,20-,21-/m0/s1. The molecule has 4 aliphatic rings. The Hall–Kier alpha value is -2.80. The van der Waals surface area contributed by atoms with Crippen molar-refractivity contribution in [2.75, 3.05) is 6.54 Å². The van der Waals surface area contributed by atoms with Crippen molar-refractivity contribution in [1.82, 2.24) is 4.90 Å². The number of nitrogens with zero attached hydrogens (tertiary/aromatic N) is 1. The van der Waals surface area contributed by atoms with Gasteiger partial charge in [-0.15, -0.1) is 0 Å². The number of benzene rings is 1. The van der Waals surface area contributed by atoms with Gasteiger partial charge in [0, 0.05) is 29.7 Å². The lowest BCUT2D eigenvalue weighted by atomic mass is 9.59. The van der Waals surface area contributed by atoms with Crippen LogP contribution < -0.4 is 0 Å². The van der Waals surface area contributed by atoms with Crippen LogP contribution in [0.3, 0.4) is 0 Å². The molecule has 1 aromatic carbocycles. The third-order valence-corrected chi connectivity index (χ3v) is 7.88. The Labute approximate surface area is 193 Å². The fraction of sp³-hybridized carbons (Fsp3) is 0.360. The van der Waals surface area contributed by atoms with Crippen molar-refractivity contribution in [1.29, 1.82) is 0 Å². The number of carbonyl (C=O) groups is 4. The smallest absolute Gasteiger partial charge is 0.233 e. The first-order valence-corrected chi connectivity index (χ1v) is 11.6. The number of hydrogen-bond donors (Lipinski definition) is 1. The SMILES string of the molecule is CCN1C(=O)[C@H]2[C@H](CC=C3[C@H](c4ccc(O)c(C)c4)C4=C(C[C@H]32)C(=O)C(Br)=CC4=O)C1=O. The Morgan fingerprint density at radius 3 is 2.56 bits per heavy atom. The van der Waals surface area contributed by atoms with E-state index in [2.05, 4.69) is 15.9 Å². The van der Waals surface area contributed by atoms with E-state index in [0.717, 1.165) is 11.1 Å². The zero-order valence-electron chi connectivity index (χ0n) is 17.7. The normalized spacial score (nSPS) is 29.5. The van der Waals surface area contributed by atoms with Crippen molar-refractivity contribution in [2.24, 2.45) is 17.8 Å². The van der Waals surface area contributed by atoms with Gasteiger partial charge in [-0.1, -0.05) is 23.8 Å². The monoisotopic (exact) mass is 495 g/mol. The number of rotatable bonds is 2. The highest BCUT2D eigenvalue weighted by atomic mass is 79.9. The van der Waals surface area contributed by atoms with E-state index in [1.165, 1.54) is 11.0 Å². The number of fused-ring (bicyclic) bond motifs is 3. The lowest BCUT2D eigenvalue weighted by Crippen LogP contribution is -2.39. The molecule has 4 atom stereocenters. The van der Waals surface area contributed by atoms with E-state index in [1.807, 2.05) is 12.1 Å². The van der Waals surface area contributed by atoms with Gasteiger partial charge in [-0.25, -0.2) is 0 Å². The molecule has 0 saturated carbocycles. The molecule has 0 unspecified atom stereocenters. The van der Waals surface area contributed by atoms with Gasteiger partial charge in [-0.2, -0.15) is 0 Å². The number of phenolic OH excluding ortho intramolecular Hbond substituents is 1. The summed E-state index contributed by atoms with van der Waals surface area (Å²) in [6.45, 7) is 3.89. The molecule has 3 aliphatic carbocycles. The van der Waals surface area contributed by atoms with Crippen LogP contribution in [0.5, 0.6) is 5.75 Å². The van der Waals surface area contributed by atoms with Crippen LogP contribution in [-0.2, 0) is 19.2 Å². The predicted octanol–water partition coefficient (Wildman–Crippen LogP) is 3.48. The number of halogens is 1. The zero-order chi connectivity index (χ0) is 22.9. The Morgan fingerprint density at radius 2 is 1.88 bits per heavy atom. The van der Waals surface area contributed by atoms with Gasteiger partial charge in [0.15, 0.2) is 11.6 Å². The van der Waals surface area contributed by atoms with Gasteiger partial charge in [0.2, 0.25) is 11.8 Å². The minimum atomic E-state index is -0.523. The summed E-state index contributed by atoms with van der Waals surface area (Å²) < 4.78 is 0.214. The molecule has 32 heavy (non-hydrogen) atoms. The van der Waals surface area contributed by atoms with E-state index in [4.69, 9.17) is 0 Å². The van der Waals surface area contributed by atoms with Crippen LogP contribution in [-0.4, -0.2) is 39.9 Å². The lowest BCUT2D eigenvalue weighted by Gasteiger charge is -2.42. The molecule has 2 amide bonds. The van der Waals surface area contributed by atoms with Gasteiger partial charge in [0.25, 0.3) is 0 Å². The second-order valence-corrected chi connectivity index (χ2v) is 9.71. The number of imide groups is 1. The number of likely N-dealkylation sites (tertiary alicyclic amines) is 1. The summed E-state index contributed by atoms with van der Waals surface area (Å²) in [5.41, 5.74) is 3.23. The number of hydrogen-bond acceptors (Lipinski definition) is 5. The molecule has 5 rings (SSSR count). The van der Waals surface area contributed by atoms with Gasteiger partial charge >= 0.3 is 0 Å². The highest BCUT2D eigenvalue weighted by molar-refractivity contribution is 9.12. The maximum atomic E-state index is 13.2. The molecule has 1 aliphatic heterocycles. The number of ketones is 2. The van der Waals surface area contributed by atoms with Crippen molar-refractivity contribution < 1.29 is 24.3 Å². The van der Waals surface area contributed by atoms with E-state index in [0.29, 0.717) is 29.7 Å². The van der Waals surface area contributed by atoms with Crippen LogP contribution in [0.2, 0.25) is 0 Å². The quantitative estimate of drug-likeness (QED) is 0.385. The summed E-state index contributed by atoms with van der Waals surface area (Å²) in [5.74, 6) is -2.42. The molecular weight excluding hydrogens is 474 g/mol. The molecule has 1 aromatic rings. The number of phenols is 1. The second kappa shape index (κ2) is 7.37. The van der Waals surface area contributed by atoms with Gasteiger partial charge < -0.3 is 5.11 Å². The number of amides is 2. The minimum absolute atomic E-state index is 0.150. The number of Topliss-reactive ketones (excluding diaryl/α,β-unsaturated/α-hetero) is 1. The van der Waals surface area contributed by atoms with E-state index in [1.54, 1.807) is 26.0 Å². The fourth-order valence-corrected chi connectivity index (χ4v) is 6.27. The molecule has 1 N–H and O–H groups in total. The number of carbonyl (C=O) groups excluding carboxylic acids is 4. The van der Waals surface area contributed by atoms with E-state index >= 15 is 0 Å². The summed E-state index contributed by atoms with van der Waals surface area (Å²) in [6, 6.07) is 5.17. The highest BCUT2D eigenvalue weighted by Gasteiger charge is 2.55. The maximum absolute atomic E-state index is 13.2. The maximum Gasteiger partial charge on any atom is 0.233 e. The fourth-order valence-electron chi connectivity index (χ4n) is 5.82. The molecule has 1 heterocycles. The van der Waals surface area contributed by atoms with Gasteiger partial charge in [-0.05, 0) is 65.7 Å². The van der Waals surface area contributed by atoms with E-state index in [-0.39, 0.29) is 46.0 Å². The van der Waals surface area contributed by atoms with Crippen LogP contribution in [0, 0.1) is 24.7 Å². The van der Waals surface area contributed by atoms with Gasteiger partial charge in [0.05, 0.1) is 16.3 Å². The van der Waals surface area contributed by atoms with Gasteiger partial charge in [0.1, 0.15) is 5.75 Å². The Morgan fingerprint density at radius 1 is 1.12 bits per heavy atom. The molecule has 1 saturated heterocycles. The Bertz CT molecular complexity index is 1210. The highest BCUT2D eigenvalue weighted by Crippen LogP contribution is 2.55. The largest absolute Gasteiger partial charge is 0.508 e. The van der Waals surface area contributed by atoms with Crippen LogP contribution in [0.25, 0.3) is 0 Å². The molecule has 0 bridgehead atoms. The van der Waals surface area contributed by atoms with Crippen LogP contribution in [0.15, 0.2) is 51.6 Å². The number of aromatic hydroxyl groups is 1. The summed E-state index contributed by atoms with van der Waals surface area (Å²) in [5, 5.41) is 10.0. The van der Waals surface area contributed by atoms with Crippen molar-refractivity contribution in [2.45, 2.75) is 32.6 Å². The summed E-state index contributed by atoms with van der Waals surface area (Å²) in [7, 11) is 0.